The van der Waals surface area contributed by atoms with Crippen LogP contribution in [0.15, 0.2) is 42.5 Å². The molecule has 2 aromatic carbocycles. The van der Waals surface area contributed by atoms with Gasteiger partial charge in [-0.05, 0) is 24.3 Å². The van der Waals surface area contributed by atoms with Gasteiger partial charge in [0.1, 0.15) is 18.1 Å². The van der Waals surface area contributed by atoms with Crippen molar-refractivity contribution in [1.29, 1.82) is 5.26 Å². The van der Waals surface area contributed by atoms with E-state index < -0.39 is 5.91 Å². The fourth-order valence-corrected chi connectivity index (χ4v) is 2.09. The summed E-state index contributed by atoms with van der Waals surface area (Å²) in [6.45, 7) is 0.231. The number of ether oxygens (including phenoxy) is 2. The lowest BCUT2D eigenvalue weighted by atomic mass is 10.1. The number of carbonyl (C=O) groups is 1. The van der Waals surface area contributed by atoms with Crippen molar-refractivity contribution in [2.24, 2.45) is 5.73 Å². The van der Waals surface area contributed by atoms with Crippen molar-refractivity contribution in [3.8, 4) is 17.6 Å². The SMILES string of the molecule is COc1ccc(C#N)cc1COc1ccccc1CC(N)=O. The number of rotatable bonds is 6. The summed E-state index contributed by atoms with van der Waals surface area (Å²) >= 11 is 0. The fourth-order valence-electron chi connectivity index (χ4n) is 2.09. The Kier molecular flexibility index (Phi) is 4.99. The number of benzene rings is 2. The standard InChI is InChI=1S/C17H16N2O3/c1-21-15-7-6-12(10-18)8-14(15)11-22-16-5-3-2-4-13(16)9-17(19)20/h2-8H,9,11H2,1H3,(H2,19,20). The number of hydrogen-bond acceptors (Lipinski definition) is 4. The number of carbonyl (C=O) groups excluding carboxylic acids is 1. The molecule has 0 heterocycles. The molecule has 1 amide bonds. The molecule has 5 heteroatoms. The first-order chi connectivity index (χ1) is 10.6. The van der Waals surface area contributed by atoms with Crippen LogP contribution in [0.1, 0.15) is 16.7 Å². The molecule has 22 heavy (non-hydrogen) atoms. The molecule has 0 aliphatic carbocycles. The van der Waals surface area contributed by atoms with E-state index in [1.165, 1.54) is 0 Å². The van der Waals surface area contributed by atoms with E-state index in [0.717, 1.165) is 11.1 Å². The maximum absolute atomic E-state index is 11.1. The number of amides is 1. The van der Waals surface area contributed by atoms with Gasteiger partial charge in [0.25, 0.3) is 0 Å². The molecular weight excluding hydrogens is 280 g/mol. The molecule has 5 nitrogen and oxygen atoms in total. The summed E-state index contributed by atoms with van der Waals surface area (Å²) in [6.07, 6.45) is 0.117. The predicted octanol–water partition coefficient (Wildman–Crippen LogP) is 2.17. The quantitative estimate of drug-likeness (QED) is 0.885. The van der Waals surface area contributed by atoms with Crippen LogP contribution in [-0.4, -0.2) is 13.0 Å². The maximum atomic E-state index is 11.1. The molecule has 0 atom stereocenters. The highest BCUT2D eigenvalue weighted by atomic mass is 16.5. The number of para-hydroxylation sites is 1. The number of nitriles is 1. The Hall–Kier alpha value is -3.00. The number of nitrogens with two attached hydrogens (primary N) is 1. The zero-order valence-electron chi connectivity index (χ0n) is 12.2. The molecule has 0 radical (unpaired) electrons. The van der Waals surface area contributed by atoms with Gasteiger partial charge in [-0.15, -0.1) is 0 Å². The van der Waals surface area contributed by atoms with Crippen molar-refractivity contribution in [3.05, 3.63) is 59.2 Å². The van der Waals surface area contributed by atoms with Crippen molar-refractivity contribution >= 4 is 5.91 Å². The van der Waals surface area contributed by atoms with Crippen molar-refractivity contribution < 1.29 is 14.3 Å². The fraction of sp³-hybridized carbons (Fsp3) is 0.176. The molecule has 0 saturated carbocycles. The van der Waals surface area contributed by atoms with Crippen LogP contribution in [-0.2, 0) is 17.8 Å². The molecule has 0 aromatic heterocycles. The van der Waals surface area contributed by atoms with Crippen LogP contribution in [0.25, 0.3) is 0 Å². The average Bonchev–Trinajstić information content (AvgIpc) is 2.53. The highest BCUT2D eigenvalue weighted by molar-refractivity contribution is 5.77. The minimum Gasteiger partial charge on any atom is -0.496 e. The van der Waals surface area contributed by atoms with Crippen LogP contribution >= 0.6 is 0 Å². The van der Waals surface area contributed by atoms with E-state index >= 15 is 0 Å². The largest absolute Gasteiger partial charge is 0.496 e. The minimum absolute atomic E-state index is 0.117. The highest BCUT2D eigenvalue weighted by Crippen LogP contribution is 2.24. The van der Waals surface area contributed by atoms with E-state index in [9.17, 15) is 4.79 Å². The van der Waals surface area contributed by atoms with Gasteiger partial charge in [-0.2, -0.15) is 5.26 Å². The number of nitrogens with zero attached hydrogens (tertiary/aromatic N) is 1. The highest BCUT2D eigenvalue weighted by Gasteiger charge is 2.09. The van der Waals surface area contributed by atoms with E-state index in [1.807, 2.05) is 12.1 Å². The van der Waals surface area contributed by atoms with Crippen molar-refractivity contribution in [3.63, 3.8) is 0 Å². The molecule has 2 rings (SSSR count). The molecule has 0 fully saturated rings. The van der Waals surface area contributed by atoms with E-state index in [1.54, 1.807) is 37.4 Å². The Labute approximate surface area is 128 Å². The van der Waals surface area contributed by atoms with Gasteiger partial charge in [-0.3, -0.25) is 4.79 Å². The Morgan fingerprint density at radius 3 is 2.64 bits per heavy atom. The third kappa shape index (κ3) is 3.76. The molecule has 2 aromatic rings. The van der Waals surface area contributed by atoms with Gasteiger partial charge in [0.2, 0.25) is 5.91 Å². The summed E-state index contributed by atoms with van der Waals surface area (Å²) in [7, 11) is 1.56. The number of hydrogen-bond donors (Lipinski definition) is 1. The average molecular weight is 296 g/mol. The molecule has 2 N–H and O–H groups in total. The van der Waals surface area contributed by atoms with Gasteiger partial charge in [-0.1, -0.05) is 18.2 Å². The maximum Gasteiger partial charge on any atom is 0.221 e. The first-order valence-corrected chi connectivity index (χ1v) is 6.70. The molecule has 0 aliphatic rings. The summed E-state index contributed by atoms with van der Waals surface area (Å²) in [5.41, 5.74) is 7.25. The smallest absolute Gasteiger partial charge is 0.221 e. The second-order valence-electron chi connectivity index (χ2n) is 4.68. The van der Waals surface area contributed by atoms with Gasteiger partial charge in [0.15, 0.2) is 0 Å². The van der Waals surface area contributed by atoms with Crippen molar-refractivity contribution in [2.75, 3.05) is 7.11 Å². The summed E-state index contributed by atoms with van der Waals surface area (Å²) in [5.74, 6) is 0.817. The van der Waals surface area contributed by atoms with Gasteiger partial charge >= 0.3 is 0 Å². The van der Waals surface area contributed by atoms with Gasteiger partial charge in [0, 0.05) is 11.1 Å². The predicted molar refractivity (Wildman–Crippen MR) is 81.4 cm³/mol. The molecule has 0 aliphatic heterocycles. The van der Waals surface area contributed by atoms with E-state index in [-0.39, 0.29) is 13.0 Å². The zero-order chi connectivity index (χ0) is 15.9. The third-order valence-corrected chi connectivity index (χ3v) is 3.13. The van der Waals surface area contributed by atoms with E-state index in [4.69, 9.17) is 20.5 Å². The molecule has 112 valence electrons. The first kappa shape index (κ1) is 15.4. The van der Waals surface area contributed by atoms with Crippen LogP contribution in [0.2, 0.25) is 0 Å². The number of methoxy groups -OCH3 is 1. The molecule has 0 saturated heterocycles. The van der Waals surface area contributed by atoms with Crippen LogP contribution in [0.3, 0.4) is 0 Å². The van der Waals surface area contributed by atoms with Crippen LogP contribution < -0.4 is 15.2 Å². The topological polar surface area (TPSA) is 85.3 Å². The molecule has 0 bridgehead atoms. The summed E-state index contributed by atoms with van der Waals surface area (Å²) in [6, 6.07) is 14.4. The Bertz CT molecular complexity index is 720. The minimum atomic E-state index is -0.417. The summed E-state index contributed by atoms with van der Waals surface area (Å²) in [4.78, 5) is 11.1. The van der Waals surface area contributed by atoms with Crippen molar-refractivity contribution in [1.82, 2.24) is 0 Å². The van der Waals surface area contributed by atoms with Crippen molar-refractivity contribution in [2.45, 2.75) is 13.0 Å². The first-order valence-electron chi connectivity index (χ1n) is 6.70. The Morgan fingerprint density at radius 2 is 1.95 bits per heavy atom. The summed E-state index contributed by atoms with van der Waals surface area (Å²) in [5, 5.41) is 8.97. The lowest BCUT2D eigenvalue weighted by Crippen LogP contribution is -2.14. The third-order valence-electron chi connectivity index (χ3n) is 3.13. The van der Waals surface area contributed by atoms with Crippen LogP contribution in [0, 0.1) is 11.3 Å². The van der Waals surface area contributed by atoms with Gasteiger partial charge < -0.3 is 15.2 Å². The van der Waals surface area contributed by atoms with E-state index in [2.05, 4.69) is 6.07 Å². The Morgan fingerprint density at radius 1 is 1.18 bits per heavy atom. The number of primary amides is 1. The lowest BCUT2D eigenvalue weighted by molar-refractivity contribution is -0.117. The molecule has 0 spiro atoms. The van der Waals surface area contributed by atoms with Gasteiger partial charge in [-0.25, -0.2) is 0 Å². The second-order valence-corrected chi connectivity index (χ2v) is 4.68. The summed E-state index contributed by atoms with van der Waals surface area (Å²) < 4.78 is 11.0. The van der Waals surface area contributed by atoms with Crippen LogP contribution in [0.4, 0.5) is 0 Å². The molecular formula is C17H16N2O3. The van der Waals surface area contributed by atoms with E-state index in [0.29, 0.717) is 17.1 Å². The van der Waals surface area contributed by atoms with Gasteiger partial charge in [0.05, 0.1) is 25.2 Å². The second kappa shape index (κ2) is 7.14. The lowest BCUT2D eigenvalue weighted by Gasteiger charge is -2.13. The van der Waals surface area contributed by atoms with Crippen LogP contribution in [0.5, 0.6) is 11.5 Å². The zero-order valence-corrected chi connectivity index (χ0v) is 12.2. The molecule has 0 unspecified atom stereocenters. The Balaban J connectivity index is 2.20. The monoisotopic (exact) mass is 296 g/mol. The normalized spacial score (nSPS) is 9.82.